The van der Waals surface area contributed by atoms with Gasteiger partial charge in [0, 0.05) is 57.9 Å². The zero-order chi connectivity index (χ0) is 20.1. The second-order valence-electron chi connectivity index (χ2n) is 7.19. The van der Waals surface area contributed by atoms with E-state index in [1.807, 2.05) is 19.1 Å². The summed E-state index contributed by atoms with van der Waals surface area (Å²) in [6.07, 6.45) is 3.47. The molecule has 0 aliphatic carbocycles. The summed E-state index contributed by atoms with van der Waals surface area (Å²) in [7, 11) is 1.62. The van der Waals surface area contributed by atoms with Crippen LogP contribution in [0.4, 0.5) is 0 Å². The standard InChI is InChI=1S/C21H30N4O3/c1-4-23-9-11-24(12-10-23)20(17-5-7-22-8-6-17)19-18(26)15-16(2)25(21(19)27)13-14-28-3/h5-8,15,20,26H,4,9-14H2,1-3H3. The number of aromatic hydroxyl groups is 1. The summed E-state index contributed by atoms with van der Waals surface area (Å²) in [5, 5.41) is 10.8. The van der Waals surface area contributed by atoms with Crippen LogP contribution < -0.4 is 5.56 Å². The van der Waals surface area contributed by atoms with Crippen molar-refractivity contribution in [2.45, 2.75) is 26.4 Å². The van der Waals surface area contributed by atoms with Gasteiger partial charge in [0.05, 0.1) is 18.2 Å². The van der Waals surface area contributed by atoms with Gasteiger partial charge in [-0.2, -0.15) is 0 Å². The maximum Gasteiger partial charge on any atom is 0.259 e. The number of piperazine rings is 1. The zero-order valence-electron chi connectivity index (χ0n) is 17.0. The lowest BCUT2D eigenvalue weighted by Gasteiger charge is -2.39. The Morgan fingerprint density at radius 2 is 1.89 bits per heavy atom. The van der Waals surface area contributed by atoms with Crippen molar-refractivity contribution in [2.75, 3.05) is 46.4 Å². The molecule has 0 bridgehead atoms. The molecule has 0 saturated carbocycles. The van der Waals surface area contributed by atoms with E-state index in [0.717, 1.165) is 44.0 Å². The molecule has 0 spiro atoms. The molecule has 152 valence electrons. The Morgan fingerprint density at radius 3 is 2.50 bits per heavy atom. The number of pyridine rings is 2. The molecule has 3 heterocycles. The largest absolute Gasteiger partial charge is 0.507 e. The molecule has 2 aromatic rings. The second kappa shape index (κ2) is 9.32. The van der Waals surface area contributed by atoms with Gasteiger partial charge in [-0.1, -0.05) is 6.92 Å². The Bertz CT molecular complexity index is 830. The first-order valence-electron chi connectivity index (χ1n) is 9.85. The number of ether oxygens (including phenoxy) is 1. The van der Waals surface area contributed by atoms with Crippen LogP contribution in [0.1, 0.15) is 29.8 Å². The third-order valence-corrected chi connectivity index (χ3v) is 5.56. The first-order valence-corrected chi connectivity index (χ1v) is 9.85. The lowest BCUT2D eigenvalue weighted by Crippen LogP contribution is -2.48. The molecule has 1 aliphatic rings. The van der Waals surface area contributed by atoms with Crippen LogP contribution in [0.2, 0.25) is 0 Å². The van der Waals surface area contributed by atoms with Gasteiger partial charge in [-0.25, -0.2) is 0 Å². The van der Waals surface area contributed by atoms with Crippen LogP contribution in [0.3, 0.4) is 0 Å². The van der Waals surface area contributed by atoms with Crippen molar-refractivity contribution < 1.29 is 9.84 Å². The van der Waals surface area contributed by atoms with E-state index in [1.54, 1.807) is 30.1 Å². The number of nitrogens with zero attached hydrogens (tertiary/aromatic N) is 4. The van der Waals surface area contributed by atoms with Gasteiger partial charge in [0.1, 0.15) is 5.75 Å². The lowest BCUT2D eigenvalue weighted by atomic mass is 9.96. The normalized spacial score (nSPS) is 17.0. The third-order valence-electron chi connectivity index (χ3n) is 5.56. The SMILES string of the molecule is CCN1CCN(C(c2ccncc2)c2c(O)cc(C)n(CCOC)c2=O)CC1. The van der Waals surface area contributed by atoms with Crippen molar-refractivity contribution in [3.05, 3.63) is 57.8 Å². The number of rotatable bonds is 7. The van der Waals surface area contributed by atoms with E-state index in [2.05, 4.69) is 21.7 Å². The molecule has 7 nitrogen and oxygen atoms in total. The average molecular weight is 386 g/mol. The van der Waals surface area contributed by atoms with Crippen molar-refractivity contribution in [3.63, 3.8) is 0 Å². The topological polar surface area (TPSA) is 70.8 Å². The summed E-state index contributed by atoms with van der Waals surface area (Å²) in [5.74, 6) is 0.0518. The fourth-order valence-corrected chi connectivity index (χ4v) is 3.93. The molecule has 1 aliphatic heterocycles. The minimum absolute atomic E-state index is 0.0518. The predicted octanol–water partition coefficient (Wildman–Crippen LogP) is 1.63. The number of hydrogen-bond acceptors (Lipinski definition) is 6. The van der Waals surface area contributed by atoms with Gasteiger partial charge in [0.2, 0.25) is 0 Å². The third kappa shape index (κ3) is 4.27. The van der Waals surface area contributed by atoms with E-state index in [1.165, 1.54) is 0 Å². The molecule has 2 aromatic heterocycles. The van der Waals surface area contributed by atoms with Crippen LogP contribution in [-0.2, 0) is 11.3 Å². The van der Waals surface area contributed by atoms with Crippen LogP contribution >= 0.6 is 0 Å². The highest BCUT2D eigenvalue weighted by molar-refractivity contribution is 5.40. The van der Waals surface area contributed by atoms with E-state index in [4.69, 9.17) is 4.74 Å². The fraction of sp³-hybridized carbons (Fsp3) is 0.524. The first-order chi connectivity index (χ1) is 13.6. The van der Waals surface area contributed by atoms with Crippen molar-refractivity contribution in [1.29, 1.82) is 0 Å². The van der Waals surface area contributed by atoms with E-state index in [9.17, 15) is 9.90 Å². The Balaban J connectivity index is 2.07. The van der Waals surface area contributed by atoms with Gasteiger partial charge in [0.15, 0.2) is 0 Å². The van der Waals surface area contributed by atoms with Crippen molar-refractivity contribution in [2.24, 2.45) is 0 Å². The summed E-state index contributed by atoms with van der Waals surface area (Å²) in [6.45, 7) is 9.50. The molecule has 1 saturated heterocycles. The van der Waals surface area contributed by atoms with Gasteiger partial charge >= 0.3 is 0 Å². The Labute approximate surface area is 166 Å². The zero-order valence-corrected chi connectivity index (χ0v) is 17.0. The van der Waals surface area contributed by atoms with Gasteiger partial charge in [0.25, 0.3) is 5.56 Å². The Morgan fingerprint density at radius 1 is 1.21 bits per heavy atom. The minimum Gasteiger partial charge on any atom is -0.507 e. The monoisotopic (exact) mass is 386 g/mol. The maximum absolute atomic E-state index is 13.4. The van der Waals surface area contributed by atoms with Gasteiger partial charge in [-0.3, -0.25) is 14.7 Å². The first kappa shape index (κ1) is 20.5. The average Bonchev–Trinajstić information content (AvgIpc) is 2.71. The molecule has 1 atom stereocenters. The van der Waals surface area contributed by atoms with Crippen LogP contribution in [0.15, 0.2) is 35.4 Å². The molecule has 1 N–H and O–H groups in total. The molecule has 0 aromatic carbocycles. The molecule has 1 fully saturated rings. The van der Waals surface area contributed by atoms with Gasteiger partial charge in [-0.15, -0.1) is 0 Å². The van der Waals surface area contributed by atoms with E-state index in [-0.39, 0.29) is 17.4 Å². The number of likely N-dealkylation sites (N-methyl/N-ethyl adjacent to an activating group) is 1. The summed E-state index contributed by atoms with van der Waals surface area (Å²) in [4.78, 5) is 22.2. The smallest absolute Gasteiger partial charge is 0.259 e. The quantitative estimate of drug-likeness (QED) is 0.780. The summed E-state index contributed by atoms with van der Waals surface area (Å²) < 4.78 is 6.85. The Hall–Kier alpha value is -2.22. The summed E-state index contributed by atoms with van der Waals surface area (Å²) >= 11 is 0. The molecule has 0 amide bonds. The maximum atomic E-state index is 13.4. The fourth-order valence-electron chi connectivity index (χ4n) is 3.93. The Kier molecular flexibility index (Phi) is 6.83. The predicted molar refractivity (Wildman–Crippen MR) is 109 cm³/mol. The van der Waals surface area contributed by atoms with E-state index in [0.29, 0.717) is 18.7 Å². The van der Waals surface area contributed by atoms with Gasteiger partial charge in [-0.05, 0) is 37.2 Å². The van der Waals surface area contributed by atoms with E-state index < -0.39 is 0 Å². The summed E-state index contributed by atoms with van der Waals surface area (Å²) in [6, 6.07) is 5.23. The highest BCUT2D eigenvalue weighted by Gasteiger charge is 2.31. The molecule has 1 unspecified atom stereocenters. The highest BCUT2D eigenvalue weighted by atomic mass is 16.5. The lowest BCUT2D eigenvalue weighted by molar-refractivity contribution is 0.111. The second-order valence-corrected chi connectivity index (χ2v) is 7.19. The van der Waals surface area contributed by atoms with Crippen molar-refractivity contribution in [1.82, 2.24) is 19.4 Å². The number of methoxy groups -OCH3 is 1. The van der Waals surface area contributed by atoms with Crippen LogP contribution in [0.25, 0.3) is 0 Å². The molecule has 7 heteroatoms. The van der Waals surface area contributed by atoms with Gasteiger partial charge < -0.3 is 19.3 Å². The summed E-state index contributed by atoms with van der Waals surface area (Å²) in [5.41, 5.74) is 1.97. The number of hydrogen-bond donors (Lipinski definition) is 1. The molecule has 28 heavy (non-hydrogen) atoms. The van der Waals surface area contributed by atoms with E-state index >= 15 is 0 Å². The number of aromatic nitrogens is 2. The van der Waals surface area contributed by atoms with Crippen molar-refractivity contribution >= 4 is 0 Å². The molecule has 3 rings (SSSR count). The minimum atomic E-state index is -0.302. The number of aryl methyl sites for hydroxylation is 1. The van der Waals surface area contributed by atoms with Crippen molar-refractivity contribution in [3.8, 4) is 5.75 Å². The molecular formula is C21H30N4O3. The molecule has 0 radical (unpaired) electrons. The highest BCUT2D eigenvalue weighted by Crippen LogP contribution is 2.32. The van der Waals surface area contributed by atoms with Crippen LogP contribution in [0, 0.1) is 6.92 Å². The van der Waals surface area contributed by atoms with Crippen LogP contribution in [0.5, 0.6) is 5.75 Å². The van der Waals surface area contributed by atoms with Crippen LogP contribution in [-0.4, -0.2) is 70.9 Å². The molecular weight excluding hydrogens is 356 g/mol.